The van der Waals surface area contributed by atoms with Crippen molar-refractivity contribution in [2.24, 2.45) is 0 Å². The van der Waals surface area contributed by atoms with Gasteiger partial charge in [-0.15, -0.1) is 0 Å². The summed E-state index contributed by atoms with van der Waals surface area (Å²) in [6, 6.07) is 9.71. The smallest absolute Gasteiger partial charge is 0.226 e. The number of hydrogen-bond donors (Lipinski definition) is 1. The quantitative estimate of drug-likeness (QED) is 0.713. The van der Waals surface area contributed by atoms with E-state index in [1.807, 2.05) is 6.07 Å². The highest BCUT2D eigenvalue weighted by atomic mass is 19.1. The lowest BCUT2D eigenvalue weighted by Crippen LogP contribution is -2.25. The minimum atomic E-state index is -0.370. The van der Waals surface area contributed by atoms with E-state index in [2.05, 4.69) is 10.3 Å². The minimum Gasteiger partial charge on any atom is -0.493 e. The van der Waals surface area contributed by atoms with Crippen molar-refractivity contribution in [3.63, 3.8) is 0 Å². The van der Waals surface area contributed by atoms with Crippen molar-refractivity contribution in [2.75, 3.05) is 26.6 Å². The van der Waals surface area contributed by atoms with Crippen molar-refractivity contribution in [2.45, 2.75) is 12.3 Å². The summed E-state index contributed by atoms with van der Waals surface area (Å²) in [6.07, 6.45) is 1.77. The molecule has 0 saturated heterocycles. The monoisotopic (exact) mass is 397 g/mol. The van der Waals surface area contributed by atoms with E-state index < -0.39 is 0 Å². The highest BCUT2D eigenvalue weighted by Gasteiger charge is 2.34. The Morgan fingerprint density at radius 1 is 1.10 bits per heavy atom. The zero-order valence-corrected chi connectivity index (χ0v) is 16.2. The maximum Gasteiger partial charge on any atom is 0.226 e. The number of fused-ring (bicyclic) bond motifs is 1. The van der Waals surface area contributed by atoms with Crippen LogP contribution in [0.25, 0.3) is 5.69 Å². The molecule has 29 heavy (non-hydrogen) atoms. The number of anilines is 1. The molecular weight excluding hydrogens is 377 g/mol. The number of imidazole rings is 1. The van der Waals surface area contributed by atoms with Gasteiger partial charge < -0.3 is 19.5 Å². The first kappa shape index (κ1) is 18.8. The van der Waals surface area contributed by atoms with Crippen molar-refractivity contribution in [3.8, 4) is 22.9 Å². The first-order valence-electron chi connectivity index (χ1n) is 8.99. The Hall–Kier alpha value is -3.55. The van der Waals surface area contributed by atoms with Crippen molar-refractivity contribution >= 4 is 11.7 Å². The first-order valence-corrected chi connectivity index (χ1v) is 8.99. The van der Waals surface area contributed by atoms with Crippen LogP contribution >= 0.6 is 0 Å². The number of hydrogen-bond acceptors (Lipinski definition) is 5. The second-order valence-corrected chi connectivity index (χ2v) is 6.56. The van der Waals surface area contributed by atoms with Crippen molar-refractivity contribution in [3.05, 3.63) is 59.8 Å². The molecule has 0 unspecified atom stereocenters. The Labute approximate surface area is 167 Å². The Morgan fingerprint density at radius 2 is 1.90 bits per heavy atom. The summed E-state index contributed by atoms with van der Waals surface area (Å²) in [6.45, 7) is 0. The molecule has 4 rings (SSSR count). The molecule has 0 aliphatic carbocycles. The summed E-state index contributed by atoms with van der Waals surface area (Å²) in [5, 5.41) is 2.86. The summed E-state index contributed by atoms with van der Waals surface area (Å²) < 4.78 is 31.8. The number of aromatic nitrogens is 2. The van der Waals surface area contributed by atoms with E-state index in [-0.39, 0.29) is 24.1 Å². The molecule has 0 radical (unpaired) electrons. The molecule has 8 heteroatoms. The van der Waals surface area contributed by atoms with Gasteiger partial charge in [0, 0.05) is 17.9 Å². The average Bonchev–Trinajstić information content (AvgIpc) is 3.15. The third-order valence-corrected chi connectivity index (χ3v) is 4.97. The van der Waals surface area contributed by atoms with E-state index in [0.717, 1.165) is 5.56 Å². The van der Waals surface area contributed by atoms with E-state index in [4.69, 9.17) is 14.2 Å². The fraction of sp³-hybridized carbons (Fsp3) is 0.238. The van der Waals surface area contributed by atoms with Crippen LogP contribution in [-0.2, 0) is 4.79 Å². The summed E-state index contributed by atoms with van der Waals surface area (Å²) >= 11 is 0. The average molecular weight is 397 g/mol. The number of carbonyl (C=O) groups is 1. The minimum absolute atomic E-state index is 0.169. The fourth-order valence-electron chi connectivity index (χ4n) is 3.68. The lowest BCUT2D eigenvalue weighted by molar-refractivity contribution is -0.116. The van der Waals surface area contributed by atoms with Crippen molar-refractivity contribution in [1.29, 1.82) is 0 Å². The fourth-order valence-corrected chi connectivity index (χ4v) is 3.68. The van der Waals surface area contributed by atoms with Gasteiger partial charge in [-0.3, -0.25) is 9.36 Å². The number of nitrogens with zero attached hydrogens (tertiary/aromatic N) is 2. The van der Waals surface area contributed by atoms with E-state index in [0.29, 0.717) is 34.4 Å². The number of ether oxygens (including phenoxy) is 3. The SMILES string of the molecule is COc1ccc([C@@H]2CC(=O)Nc3c2ncn3-c2cccc(F)c2)c(OC)c1OC. The molecule has 0 saturated carbocycles. The van der Waals surface area contributed by atoms with Crippen molar-refractivity contribution < 1.29 is 23.4 Å². The number of halogens is 1. The molecule has 7 nitrogen and oxygen atoms in total. The Balaban J connectivity index is 1.86. The topological polar surface area (TPSA) is 74.6 Å². The number of amides is 1. The number of carbonyl (C=O) groups excluding carboxylic acids is 1. The Bertz CT molecular complexity index is 1080. The van der Waals surface area contributed by atoms with E-state index >= 15 is 0 Å². The first-order chi connectivity index (χ1) is 14.1. The second kappa shape index (κ2) is 7.46. The van der Waals surface area contributed by atoms with Gasteiger partial charge in [0.05, 0.1) is 32.7 Å². The molecule has 150 valence electrons. The van der Waals surface area contributed by atoms with Crippen LogP contribution < -0.4 is 19.5 Å². The van der Waals surface area contributed by atoms with Gasteiger partial charge in [-0.25, -0.2) is 9.37 Å². The summed E-state index contributed by atoms with van der Waals surface area (Å²) in [7, 11) is 4.61. The van der Waals surface area contributed by atoms with Gasteiger partial charge in [0.15, 0.2) is 11.5 Å². The zero-order chi connectivity index (χ0) is 20.5. The third kappa shape index (κ3) is 3.16. The number of nitrogens with one attached hydrogen (secondary N) is 1. The van der Waals surface area contributed by atoms with Crippen LogP contribution in [0.2, 0.25) is 0 Å². The summed E-state index contributed by atoms with van der Waals surface area (Å²) in [5.41, 5.74) is 1.99. The predicted molar refractivity (Wildman–Crippen MR) is 105 cm³/mol. The van der Waals surface area contributed by atoms with Gasteiger partial charge in [-0.2, -0.15) is 0 Å². The zero-order valence-electron chi connectivity index (χ0n) is 16.2. The second-order valence-electron chi connectivity index (χ2n) is 6.56. The standard InChI is InChI=1S/C21H20FN3O4/c1-27-16-8-7-14(19(28-2)20(16)29-3)15-10-17(26)24-21-18(15)23-11-25(21)13-6-4-5-12(22)9-13/h4-9,11,15H,10H2,1-3H3,(H,24,26)/t15-/m0/s1. The predicted octanol–water partition coefficient (Wildman–Crippen LogP) is 3.51. The largest absolute Gasteiger partial charge is 0.493 e. The van der Waals surface area contributed by atoms with Crippen LogP contribution in [0.5, 0.6) is 17.2 Å². The number of rotatable bonds is 5. The lowest BCUT2D eigenvalue weighted by atomic mass is 9.88. The number of benzene rings is 2. The molecule has 1 aliphatic rings. The molecule has 2 heterocycles. The van der Waals surface area contributed by atoms with Gasteiger partial charge >= 0.3 is 0 Å². The maximum atomic E-state index is 13.7. The lowest BCUT2D eigenvalue weighted by Gasteiger charge is -2.25. The van der Waals surface area contributed by atoms with Gasteiger partial charge in [0.2, 0.25) is 11.7 Å². The van der Waals surface area contributed by atoms with Gasteiger partial charge in [0.25, 0.3) is 0 Å². The van der Waals surface area contributed by atoms with Crippen LogP contribution in [0.1, 0.15) is 23.6 Å². The third-order valence-electron chi connectivity index (χ3n) is 4.97. The highest BCUT2D eigenvalue weighted by molar-refractivity contribution is 5.94. The van der Waals surface area contributed by atoms with Crippen LogP contribution in [0, 0.1) is 5.82 Å². The van der Waals surface area contributed by atoms with Gasteiger partial charge in [-0.1, -0.05) is 12.1 Å². The maximum absolute atomic E-state index is 13.7. The van der Waals surface area contributed by atoms with E-state index in [1.165, 1.54) is 26.4 Å². The van der Waals surface area contributed by atoms with Crippen molar-refractivity contribution in [1.82, 2.24) is 9.55 Å². The molecule has 1 amide bonds. The van der Waals surface area contributed by atoms with E-state index in [1.54, 1.807) is 36.2 Å². The molecule has 1 atom stereocenters. The van der Waals surface area contributed by atoms with Crippen LogP contribution in [0.15, 0.2) is 42.7 Å². The van der Waals surface area contributed by atoms with Gasteiger partial charge in [-0.05, 0) is 24.3 Å². The molecule has 2 aromatic carbocycles. The Kier molecular flexibility index (Phi) is 4.84. The number of methoxy groups -OCH3 is 3. The Morgan fingerprint density at radius 3 is 2.59 bits per heavy atom. The molecule has 0 fully saturated rings. The van der Waals surface area contributed by atoms with Crippen LogP contribution in [0.3, 0.4) is 0 Å². The highest BCUT2D eigenvalue weighted by Crippen LogP contribution is 2.47. The molecule has 0 bridgehead atoms. The van der Waals surface area contributed by atoms with Crippen LogP contribution in [-0.4, -0.2) is 36.8 Å². The van der Waals surface area contributed by atoms with Gasteiger partial charge in [0.1, 0.15) is 18.0 Å². The molecule has 1 aliphatic heterocycles. The van der Waals surface area contributed by atoms with E-state index in [9.17, 15) is 9.18 Å². The molecule has 0 spiro atoms. The molecule has 1 N–H and O–H groups in total. The molecule has 3 aromatic rings. The normalized spacial score (nSPS) is 15.4. The molecule has 1 aromatic heterocycles. The summed E-state index contributed by atoms with van der Waals surface area (Å²) in [4.78, 5) is 17.0. The molecular formula is C21H20FN3O4. The summed E-state index contributed by atoms with van der Waals surface area (Å²) in [5.74, 6) is 1.07. The van der Waals surface area contributed by atoms with Crippen LogP contribution in [0.4, 0.5) is 10.2 Å².